The van der Waals surface area contributed by atoms with Crippen molar-refractivity contribution in [2.45, 2.75) is 33.1 Å². The molecule has 1 aliphatic rings. The van der Waals surface area contributed by atoms with Crippen LogP contribution < -0.4 is 15.4 Å². The minimum atomic E-state index is 0.564. The number of nitrogens with two attached hydrogens (primary N) is 1. The SMILES string of the molecule is CCCC1CCN(c2ccc(N)c(OCC)n2)C1. The Hall–Kier alpha value is -1.45. The van der Waals surface area contributed by atoms with Crippen LogP contribution in [0.2, 0.25) is 0 Å². The van der Waals surface area contributed by atoms with Gasteiger partial charge in [-0.1, -0.05) is 13.3 Å². The molecular weight excluding hydrogens is 226 g/mol. The Morgan fingerprint density at radius 3 is 3.00 bits per heavy atom. The Bertz CT molecular complexity index is 395. The molecule has 2 rings (SSSR count). The predicted molar refractivity (Wildman–Crippen MR) is 75.0 cm³/mol. The highest BCUT2D eigenvalue weighted by Gasteiger charge is 2.23. The van der Waals surface area contributed by atoms with Gasteiger partial charge in [0.25, 0.3) is 0 Å². The van der Waals surface area contributed by atoms with E-state index < -0.39 is 0 Å². The number of nitrogen functional groups attached to an aromatic ring is 1. The van der Waals surface area contributed by atoms with Crippen LogP contribution in [0.3, 0.4) is 0 Å². The van der Waals surface area contributed by atoms with E-state index in [2.05, 4.69) is 16.8 Å². The molecule has 0 aliphatic carbocycles. The number of ether oxygens (including phenoxy) is 1. The molecule has 2 N–H and O–H groups in total. The van der Waals surface area contributed by atoms with Gasteiger partial charge in [-0.05, 0) is 37.8 Å². The summed E-state index contributed by atoms with van der Waals surface area (Å²) < 4.78 is 5.45. The summed E-state index contributed by atoms with van der Waals surface area (Å²) in [5, 5.41) is 0. The monoisotopic (exact) mass is 249 g/mol. The topological polar surface area (TPSA) is 51.4 Å². The first kappa shape index (κ1) is 13.0. The molecular formula is C14H23N3O. The summed E-state index contributed by atoms with van der Waals surface area (Å²) in [7, 11) is 0. The van der Waals surface area contributed by atoms with Gasteiger partial charge in [0.1, 0.15) is 5.82 Å². The number of aromatic nitrogens is 1. The van der Waals surface area contributed by atoms with Crippen LogP contribution in [0.25, 0.3) is 0 Å². The van der Waals surface area contributed by atoms with Crippen molar-refractivity contribution in [3.8, 4) is 5.88 Å². The lowest BCUT2D eigenvalue weighted by molar-refractivity contribution is 0.329. The molecule has 1 atom stereocenters. The van der Waals surface area contributed by atoms with Gasteiger partial charge in [0.05, 0.1) is 12.3 Å². The number of hydrogen-bond acceptors (Lipinski definition) is 4. The zero-order chi connectivity index (χ0) is 13.0. The molecule has 0 amide bonds. The average molecular weight is 249 g/mol. The zero-order valence-corrected chi connectivity index (χ0v) is 11.4. The molecule has 1 aromatic heterocycles. The standard InChI is InChI=1S/C14H23N3O/c1-3-5-11-8-9-17(10-11)13-7-6-12(15)14(16-13)18-4-2/h6-7,11H,3-5,8-10,15H2,1-2H3. The van der Waals surface area contributed by atoms with Crippen LogP contribution in [0.4, 0.5) is 11.5 Å². The van der Waals surface area contributed by atoms with E-state index in [0.717, 1.165) is 24.8 Å². The second kappa shape index (κ2) is 5.94. The predicted octanol–water partition coefficient (Wildman–Crippen LogP) is 2.69. The van der Waals surface area contributed by atoms with Crippen LogP contribution in [0, 0.1) is 5.92 Å². The zero-order valence-electron chi connectivity index (χ0n) is 11.4. The normalized spacial score (nSPS) is 19.2. The van der Waals surface area contributed by atoms with E-state index in [9.17, 15) is 0 Å². The first-order chi connectivity index (χ1) is 8.74. The summed E-state index contributed by atoms with van der Waals surface area (Å²) in [5.41, 5.74) is 6.46. The molecule has 0 bridgehead atoms. The number of nitrogens with zero attached hydrogens (tertiary/aromatic N) is 2. The summed E-state index contributed by atoms with van der Waals surface area (Å²) in [6.07, 6.45) is 3.84. The summed E-state index contributed by atoms with van der Waals surface area (Å²) in [5.74, 6) is 2.37. The van der Waals surface area contributed by atoms with Gasteiger partial charge < -0.3 is 15.4 Å². The average Bonchev–Trinajstić information content (AvgIpc) is 2.81. The van der Waals surface area contributed by atoms with E-state index in [0.29, 0.717) is 18.2 Å². The lowest BCUT2D eigenvalue weighted by Gasteiger charge is -2.18. The molecule has 1 aliphatic heterocycles. The van der Waals surface area contributed by atoms with Crippen LogP contribution >= 0.6 is 0 Å². The fourth-order valence-corrected chi connectivity index (χ4v) is 2.55. The highest BCUT2D eigenvalue weighted by Crippen LogP contribution is 2.28. The Morgan fingerprint density at radius 2 is 2.28 bits per heavy atom. The highest BCUT2D eigenvalue weighted by atomic mass is 16.5. The van der Waals surface area contributed by atoms with Gasteiger partial charge in [-0.25, -0.2) is 0 Å². The molecule has 1 aromatic rings. The van der Waals surface area contributed by atoms with Crippen LogP contribution in [-0.2, 0) is 0 Å². The molecule has 4 heteroatoms. The maximum absolute atomic E-state index is 5.84. The lowest BCUT2D eigenvalue weighted by atomic mass is 10.0. The fraction of sp³-hybridized carbons (Fsp3) is 0.643. The molecule has 0 spiro atoms. The molecule has 1 fully saturated rings. The molecule has 1 unspecified atom stereocenters. The summed E-state index contributed by atoms with van der Waals surface area (Å²) in [4.78, 5) is 6.85. The maximum atomic E-state index is 5.84. The molecule has 0 aromatic carbocycles. The number of pyridine rings is 1. The van der Waals surface area contributed by atoms with Crippen molar-refractivity contribution in [2.24, 2.45) is 5.92 Å². The van der Waals surface area contributed by atoms with Crippen molar-refractivity contribution >= 4 is 11.5 Å². The lowest BCUT2D eigenvalue weighted by Crippen LogP contribution is -2.21. The molecule has 0 radical (unpaired) electrons. The van der Waals surface area contributed by atoms with E-state index in [1.54, 1.807) is 0 Å². The number of hydrogen-bond donors (Lipinski definition) is 1. The van der Waals surface area contributed by atoms with Gasteiger partial charge in [0.15, 0.2) is 0 Å². The largest absolute Gasteiger partial charge is 0.476 e. The van der Waals surface area contributed by atoms with Crippen LogP contribution in [0.5, 0.6) is 5.88 Å². The molecule has 1 saturated heterocycles. The van der Waals surface area contributed by atoms with Crippen LogP contribution in [0.15, 0.2) is 12.1 Å². The highest BCUT2D eigenvalue weighted by molar-refractivity contribution is 5.54. The summed E-state index contributed by atoms with van der Waals surface area (Å²) >= 11 is 0. The van der Waals surface area contributed by atoms with Gasteiger partial charge in [0, 0.05) is 13.1 Å². The second-order valence-electron chi connectivity index (χ2n) is 4.89. The summed E-state index contributed by atoms with van der Waals surface area (Å²) in [6.45, 7) is 6.99. The third-order valence-electron chi connectivity index (χ3n) is 3.46. The van der Waals surface area contributed by atoms with Gasteiger partial charge in [-0.3, -0.25) is 0 Å². The van der Waals surface area contributed by atoms with Crippen molar-refractivity contribution in [1.29, 1.82) is 0 Å². The van der Waals surface area contributed by atoms with Gasteiger partial charge >= 0.3 is 0 Å². The van der Waals surface area contributed by atoms with Gasteiger partial charge in [-0.2, -0.15) is 4.98 Å². The first-order valence-corrected chi connectivity index (χ1v) is 6.88. The van der Waals surface area contributed by atoms with Crippen molar-refractivity contribution in [1.82, 2.24) is 4.98 Å². The van der Waals surface area contributed by atoms with E-state index in [4.69, 9.17) is 10.5 Å². The van der Waals surface area contributed by atoms with E-state index in [1.807, 2.05) is 19.1 Å². The Labute approximate surface area is 109 Å². The van der Waals surface area contributed by atoms with E-state index in [1.165, 1.54) is 19.3 Å². The number of anilines is 2. The Kier molecular flexibility index (Phi) is 4.28. The quantitative estimate of drug-likeness (QED) is 0.871. The van der Waals surface area contributed by atoms with Crippen LogP contribution in [0.1, 0.15) is 33.1 Å². The third-order valence-corrected chi connectivity index (χ3v) is 3.46. The van der Waals surface area contributed by atoms with E-state index in [-0.39, 0.29) is 0 Å². The van der Waals surface area contributed by atoms with E-state index >= 15 is 0 Å². The first-order valence-electron chi connectivity index (χ1n) is 6.88. The maximum Gasteiger partial charge on any atom is 0.239 e. The fourth-order valence-electron chi connectivity index (χ4n) is 2.55. The smallest absolute Gasteiger partial charge is 0.239 e. The molecule has 4 nitrogen and oxygen atoms in total. The van der Waals surface area contributed by atoms with Crippen molar-refractivity contribution in [2.75, 3.05) is 30.3 Å². The van der Waals surface area contributed by atoms with Crippen LogP contribution in [-0.4, -0.2) is 24.7 Å². The number of rotatable bonds is 5. The minimum absolute atomic E-state index is 0.564. The van der Waals surface area contributed by atoms with Gasteiger partial charge in [-0.15, -0.1) is 0 Å². The Balaban J connectivity index is 2.07. The molecule has 100 valence electrons. The van der Waals surface area contributed by atoms with Crippen molar-refractivity contribution < 1.29 is 4.74 Å². The molecule has 0 saturated carbocycles. The minimum Gasteiger partial charge on any atom is -0.476 e. The summed E-state index contributed by atoms with van der Waals surface area (Å²) in [6, 6.07) is 3.88. The third kappa shape index (κ3) is 2.86. The molecule has 18 heavy (non-hydrogen) atoms. The second-order valence-corrected chi connectivity index (χ2v) is 4.89. The van der Waals surface area contributed by atoms with Gasteiger partial charge in [0.2, 0.25) is 5.88 Å². The Morgan fingerprint density at radius 1 is 1.44 bits per heavy atom. The molecule has 2 heterocycles. The van der Waals surface area contributed by atoms with Crippen molar-refractivity contribution in [3.05, 3.63) is 12.1 Å². The van der Waals surface area contributed by atoms with Crippen molar-refractivity contribution in [3.63, 3.8) is 0 Å².